The normalized spacial score (nSPS) is 15.9. The van der Waals surface area contributed by atoms with E-state index in [1.807, 2.05) is 0 Å². The molecule has 1 unspecified atom stereocenters. The highest BCUT2D eigenvalue weighted by molar-refractivity contribution is 7.92. The van der Waals surface area contributed by atoms with Crippen molar-refractivity contribution in [2.75, 3.05) is 17.3 Å². The number of nitrogens with one attached hydrogen (secondary N) is 2. The highest BCUT2D eigenvalue weighted by Gasteiger charge is 2.46. The molecule has 1 aliphatic heterocycles. The van der Waals surface area contributed by atoms with Gasteiger partial charge in [0.25, 0.3) is 15.7 Å². The van der Waals surface area contributed by atoms with Crippen LogP contribution in [0.25, 0.3) is 0 Å². The number of fused-ring (bicyclic) bond motifs is 1. The van der Waals surface area contributed by atoms with Gasteiger partial charge in [-0.1, -0.05) is 30.3 Å². The number of halogens is 4. The van der Waals surface area contributed by atoms with Crippen molar-refractivity contribution in [3.8, 4) is 0 Å². The molecule has 3 amide bonds. The number of alkyl halides is 3. The number of anilines is 2. The number of para-hydroxylation sites is 1. The molecule has 3 aromatic carbocycles. The third-order valence-electron chi connectivity index (χ3n) is 5.47. The molecule has 13 heteroatoms. The highest BCUT2D eigenvalue weighted by Crippen LogP contribution is 2.31. The van der Waals surface area contributed by atoms with Crippen molar-refractivity contribution in [1.29, 1.82) is 0 Å². The number of hydrogen-bond acceptors (Lipinski definition) is 5. The summed E-state index contributed by atoms with van der Waals surface area (Å²) in [4.78, 5) is 30.4. The largest absolute Gasteiger partial charge is 0.501 e. The highest BCUT2D eigenvalue weighted by atomic mass is 32.2. The number of sulfone groups is 1. The molecule has 0 saturated heterocycles. The van der Waals surface area contributed by atoms with E-state index in [0.717, 1.165) is 12.1 Å². The zero-order chi connectivity index (χ0) is 27.0. The van der Waals surface area contributed by atoms with Gasteiger partial charge in [0.2, 0.25) is 6.17 Å². The lowest BCUT2D eigenvalue weighted by molar-refractivity contribution is -0.119. The van der Waals surface area contributed by atoms with Crippen molar-refractivity contribution >= 4 is 38.9 Å². The number of urea groups is 1. The first-order valence-electron chi connectivity index (χ1n) is 10.6. The minimum absolute atomic E-state index is 0.0466. The molecule has 37 heavy (non-hydrogen) atoms. The average molecular weight is 534 g/mol. The number of aliphatic imine (C=N–C) groups is 1. The van der Waals surface area contributed by atoms with Crippen LogP contribution in [0.5, 0.6) is 0 Å². The Bertz CT molecular complexity index is 1510. The Morgan fingerprint density at radius 1 is 0.946 bits per heavy atom. The van der Waals surface area contributed by atoms with Crippen LogP contribution >= 0.6 is 0 Å². The van der Waals surface area contributed by atoms with Crippen LogP contribution in [0.2, 0.25) is 0 Å². The van der Waals surface area contributed by atoms with E-state index in [4.69, 9.17) is 0 Å². The second-order valence-corrected chi connectivity index (χ2v) is 9.79. The molecule has 0 bridgehead atoms. The first kappa shape index (κ1) is 25.8. The van der Waals surface area contributed by atoms with Crippen LogP contribution < -0.4 is 15.5 Å². The molecule has 0 saturated carbocycles. The summed E-state index contributed by atoms with van der Waals surface area (Å²) in [6.07, 6.45) is -1.49. The van der Waals surface area contributed by atoms with Crippen molar-refractivity contribution in [2.45, 2.75) is 16.6 Å². The van der Waals surface area contributed by atoms with Crippen LogP contribution in [0.1, 0.15) is 11.1 Å². The average Bonchev–Trinajstić information content (AvgIpc) is 2.95. The molecular formula is C24H18F4N4O4S. The van der Waals surface area contributed by atoms with Crippen LogP contribution in [-0.2, 0) is 14.6 Å². The molecule has 0 fully saturated rings. The van der Waals surface area contributed by atoms with Crippen LogP contribution in [0.4, 0.5) is 33.7 Å². The number of nitrogens with zero attached hydrogens (tertiary/aromatic N) is 2. The second-order valence-electron chi connectivity index (χ2n) is 7.85. The number of amides is 3. The molecule has 0 aromatic heterocycles. The maximum atomic E-state index is 14.7. The van der Waals surface area contributed by atoms with E-state index in [2.05, 4.69) is 15.6 Å². The van der Waals surface area contributed by atoms with Crippen molar-refractivity contribution in [3.63, 3.8) is 0 Å². The first-order valence-corrected chi connectivity index (χ1v) is 12.1. The third-order valence-corrected chi connectivity index (χ3v) is 6.97. The van der Waals surface area contributed by atoms with Crippen molar-refractivity contribution in [1.82, 2.24) is 5.32 Å². The van der Waals surface area contributed by atoms with Crippen LogP contribution in [0.15, 0.2) is 82.7 Å². The van der Waals surface area contributed by atoms with Gasteiger partial charge in [0.05, 0.1) is 16.3 Å². The molecule has 0 radical (unpaired) electrons. The summed E-state index contributed by atoms with van der Waals surface area (Å²) in [7, 11) is -4.09. The van der Waals surface area contributed by atoms with Crippen LogP contribution in [-0.4, -0.2) is 44.8 Å². The van der Waals surface area contributed by atoms with E-state index in [9.17, 15) is 35.6 Å². The standard InChI is InChI=1S/C24H18F4N4O4S/c1-32-19-9-5-3-7-17(19)20(16-6-2-4-8-18(16)25)30-21(22(32)33)31-23(34)29-14-10-12-15(13-11-14)37(35,36)24(26,27)28/h2-13,21H,1H3,(H2,29,31,34). The van der Waals surface area contributed by atoms with Gasteiger partial charge in [-0.15, -0.1) is 0 Å². The minimum Gasteiger partial charge on any atom is -0.311 e. The van der Waals surface area contributed by atoms with Crippen molar-refractivity contribution in [3.05, 3.63) is 89.7 Å². The smallest absolute Gasteiger partial charge is 0.311 e. The van der Waals surface area contributed by atoms with Gasteiger partial charge in [-0.2, -0.15) is 13.2 Å². The lowest BCUT2D eigenvalue weighted by atomic mass is 10.00. The van der Waals surface area contributed by atoms with E-state index in [1.165, 1.54) is 30.1 Å². The summed E-state index contributed by atoms with van der Waals surface area (Å²) in [5.41, 5.74) is -4.41. The molecule has 1 heterocycles. The number of likely N-dealkylation sites (N-methyl/N-ethyl adjacent to an activating group) is 1. The first-order chi connectivity index (χ1) is 17.4. The van der Waals surface area contributed by atoms with Gasteiger partial charge in [0, 0.05) is 23.9 Å². The Morgan fingerprint density at radius 2 is 1.54 bits per heavy atom. The summed E-state index contributed by atoms with van der Waals surface area (Å²) in [5.74, 6) is -1.23. The Morgan fingerprint density at radius 3 is 2.16 bits per heavy atom. The molecule has 4 rings (SSSR count). The van der Waals surface area contributed by atoms with Crippen LogP contribution in [0, 0.1) is 5.82 Å². The Labute approximate surface area is 208 Å². The van der Waals surface area contributed by atoms with Gasteiger partial charge in [0.1, 0.15) is 5.82 Å². The molecule has 1 atom stereocenters. The predicted molar refractivity (Wildman–Crippen MR) is 128 cm³/mol. The molecule has 192 valence electrons. The van der Waals surface area contributed by atoms with E-state index in [-0.39, 0.29) is 17.0 Å². The zero-order valence-corrected chi connectivity index (χ0v) is 19.8. The van der Waals surface area contributed by atoms with E-state index in [1.54, 1.807) is 30.3 Å². The fourth-order valence-corrected chi connectivity index (χ4v) is 4.39. The Balaban J connectivity index is 1.62. The van der Waals surface area contributed by atoms with Gasteiger partial charge in [-0.05, 0) is 42.5 Å². The summed E-state index contributed by atoms with van der Waals surface area (Å²) < 4.78 is 75.9. The van der Waals surface area contributed by atoms with E-state index >= 15 is 0 Å². The molecule has 2 N–H and O–H groups in total. The fraction of sp³-hybridized carbons (Fsp3) is 0.125. The van der Waals surface area contributed by atoms with Crippen molar-refractivity contribution in [2.24, 2.45) is 4.99 Å². The Kier molecular flexibility index (Phi) is 6.74. The summed E-state index contributed by atoms with van der Waals surface area (Å²) in [6, 6.07) is 14.8. The zero-order valence-electron chi connectivity index (χ0n) is 19.0. The SMILES string of the molecule is CN1C(=O)C(NC(=O)Nc2ccc(S(=O)(=O)C(F)(F)F)cc2)N=C(c2ccccc2F)c2ccccc21. The van der Waals surface area contributed by atoms with Crippen molar-refractivity contribution < 1.29 is 35.6 Å². The Hall–Kier alpha value is -4.26. The lowest BCUT2D eigenvalue weighted by Crippen LogP contribution is -2.47. The molecule has 0 aliphatic carbocycles. The predicted octanol–water partition coefficient (Wildman–Crippen LogP) is 4.08. The minimum atomic E-state index is -5.55. The lowest BCUT2D eigenvalue weighted by Gasteiger charge is -2.21. The monoisotopic (exact) mass is 534 g/mol. The van der Waals surface area contributed by atoms with Gasteiger partial charge in [-0.25, -0.2) is 22.6 Å². The molecular weight excluding hydrogens is 516 g/mol. The number of rotatable bonds is 4. The maximum Gasteiger partial charge on any atom is 0.501 e. The van der Waals surface area contributed by atoms with E-state index < -0.39 is 44.2 Å². The van der Waals surface area contributed by atoms with Crippen LogP contribution in [0.3, 0.4) is 0 Å². The second kappa shape index (κ2) is 9.65. The fourth-order valence-electron chi connectivity index (χ4n) is 3.63. The molecule has 3 aromatic rings. The maximum absolute atomic E-state index is 14.7. The summed E-state index contributed by atoms with van der Waals surface area (Å²) in [5, 5.41) is 4.67. The molecule has 1 aliphatic rings. The topological polar surface area (TPSA) is 108 Å². The number of benzodiazepines with no additional fused rings is 1. The van der Waals surface area contributed by atoms with Gasteiger partial charge in [-0.3, -0.25) is 4.79 Å². The van der Waals surface area contributed by atoms with E-state index in [0.29, 0.717) is 23.4 Å². The van der Waals surface area contributed by atoms with Gasteiger partial charge < -0.3 is 15.5 Å². The third kappa shape index (κ3) is 5.03. The number of benzene rings is 3. The molecule has 8 nitrogen and oxygen atoms in total. The number of carbonyl (C=O) groups excluding carboxylic acids is 2. The summed E-state index contributed by atoms with van der Waals surface area (Å²) >= 11 is 0. The summed E-state index contributed by atoms with van der Waals surface area (Å²) in [6.45, 7) is 0. The molecule has 0 spiro atoms. The number of carbonyl (C=O) groups is 2. The number of hydrogen-bond donors (Lipinski definition) is 2. The van der Waals surface area contributed by atoms with Gasteiger partial charge >= 0.3 is 11.5 Å². The quantitative estimate of drug-likeness (QED) is 0.492. The van der Waals surface area contributed by atoms with Gasteiger partial charge in [0.15, 0.2) is 0 Å².